The predicted octanol–water partition coefficient (Wildman–Crippen LogP) is 2.39. The summed E-state index contributed by atoms with van der Waals surface area (Å²) in [6.45, 7) is 1.52. The Morgan fingerprint density at radius 3 is 2.53 bits per heavy atom. The third-order valence-corrected chi connectivity index (χ3v) is 2.16. The van der Waals surface area contributed by atoms with Crippen LogP contribution in [0.3, 0.4) is 0 Å². The SMILES string of the molecule is COC(=O)[C@](C)(N=[N+]=[N-])c1ccccc1. The number of rotatable bonds is 3. The van der Waals surface area contributed by atoms with E-state index in [4.69, 9.17) is 5.53 Å². The summed E-state index contributed by atoms with van der Waals surface area (Å²) >= 11 is 0. The van der Waals surface area contributed by atoms with E-state index in [2.05, 4.69) is 14.8 Å². The number of ether oxygens (including phenoxy) is 1. The second kappa shape index (κ2) is 4.48. The first kappa shape index (κ1) is 11.1. The van der Waals surface area contributed by atoms with E-state index in [1.165, 1.54) is 14.0 Å². The summed E-state index contributed by atoms with van der Waals surface area (Å²) in [6, 6.07) is 8.78. The quantitative estimate of drug-likeness (QED) is 0.329. The predicted molar refractivity (Wildman–Crippen MR) is 55.0 cm³/mol. The van der Waals surface area contributed by atoms with Crippen LogP contribution in [-0.4, -0.2) is 13.1 Å². The lowest BCUT2D eigenvalue weighted by Gasteiger charge is -2.20. The molecule has 1 rings (SSSR count). The van der Waals surface area contributed by atoms with Crippen molar-refractivity contribution in [3.05, 3.63) is 46.3 Å². The minimum Gasteiger partial charge on any atom is -0.468 e. The van der Waals surface area contributed by atoms with Crippen LogP contribution in [-0.2, 0) is 15.1 Å². The Morgan fingerprint density at radius 1 is 1.47 bits per heavy atom. The Bertz CT molecular complexity index is 398. The number of nitrogens with zero attached hydrogens (tertiary/aromatic N) is 3. The molecular weight excluding hydrogens is 194 g/mol. The maximum Gasteiger partial charge on any atom is 0.322 e. The zero-order valence-corrected chi connectivity index (χ0v) is 8.54. The molecule has 1 aromatic carbocycles. The molecule has 0 aliphatic heterocycles. The molecule has 0 saturated carbocycles. The van der Waals surface area contributed by atoms with Crippen LogP contribution >= 0.6 is 0 Å². The van der Waals surface area contributed by atoms with Crippen LogP contribution in [0.15, 0.2) is 35.4 Å². The molecule has 15 heavy (non-hydrogen) atoms. The molecule has 0 aromatic heterocycles. The number of hydrogen-bond acceptors (Lipinski definition) is 3. The number of carbonyl (C=O) groups excluding carboxylic acids is 1. The molecule has 0 amide bonds. The van der Waals surface area contributed by atoms with Crippen LogP contribution < -0.4 is 0 Å². The first-order chi connectivity index (χ1) is 7.15. The van der Waals surface area contributed by atoms with Crippen molar-refractivity contribution in [1.29, 1.82) is 0 Å². The number of methoxy groups -OCH3 is 1. The van der Waals surface area contributed by atoms with Crippen LogP contribution in [0.4, 0.5) is 0 Å². The third-order valence-electron chi connectivity index (χ3n) is 2.16. The summed E-state index contributed by atoms with van der Waals surface area (Å²) in [5.41, 5.74) is 7.76. The summed E-state index contributed by atoms with van der Waals surface area (Å²) in [5, 5.41) is 3.50. The van der Waals surface area contributed by atoms with Crippen LogP contribution in [0.5, 0.6) is 0 Å². The van der Waals surface area contributed by atoms with Crippen LogP contribution in [0, 0.1) is 0 Å². The second-order valence-electron chi connectivity index (χ2n) is 3.12. The van der Waals surface area contributed by atoms with Crippen molar-refractivity contribution in [3.8, 4) is 0 Å². The molecule has 5 heteroatoms. The molecule has 0 fully saturated rings. The summed E-state index contributed by atoms with van der Waals surface area (Å²) in [6.07, 6.45) is 0. The lowest BCUT2D eigenvalue weighted by Crippen LogP contribution is -2.31. The third kappa shape index (κ3) is 2.08. The molecule has 0 radical (unpaired) electrons. The average molecular weight is 205 g/mol. The molecule has 5 nitrogen and oxygen atoms in total. The van der Waals surface area contributed by atoms with Crippen molar-refractivity contribution >= 4 is 5.97 Å². The van der Waals surface area contributed by atoms with E-state index >= 15 is 0 Å². The molecule has 0 aliphatic carbocycles. The van der Waals surface area contributed by atoms with E-state index in [1.807, 2.05) is 6.07 Å². The van der Waals surface area contributed by atoms with Gasteiger partial charge in [0.25, 0.3) is 0 Å². The van der Waals surface area contributed by atoms with Gasteiger partial charge in [0.05, 0.1) is 7.11 Å². The van der Waals surface area contributed by atoms with E-state index in [-0.39, 0.29) is 0 Å². The number of hydrogen-bond donors (Lipinski definition) is 0. The number of azide groups is 1. The van der Waals surface area contributed by atoms with E-state index in [1.54, 1.807) is 24.3 Å². The van der Waals surface area contributed by atoms with Crippen LogP contribution in [0.1, 0.15) is 12.5 Å². The van der Waals surface area contributed by atoms with Gasteiger partial charge in [-0.15, -0.1) is 0 Å². The standard InChI is InChI=1S/C10H11N3O2/c1-10(12-13-11,9(14)15-2)8-6-4-3-5-7-8/h3-7H,1-2H3/t10-/m1/s1. The van der Waals surface area contributed by atoms with E-state index in [9.17, 15) is 4.79 Å². The molecule has 0 heterocycles. The highest BCUT2D eigenvalue weighted by Gasteiger charge is 2.35. The smallest absolute Gasteiger partial charge is 0.322 e. The fraction of sp³-hybridized carbons (Fsp3) is 0.300. The van der Waals surface area contributed by atoms with Crippen LogP contribution in [0.2, 0.25) is 0 Å². The second-order valence-corrected chi connectivity index (χ2v) is 3.12. The molecule has 0 aliphatic rings. The lowest BCUT2D eigenvalue weighted by molar-refractivity contribution is -0.146. The Balaban J connectivity index is 3.24. The molecule has 0 spiro atoms. The molecule has 0 saturated heterocycles. The minimum atomic E-state index is -1.30. The Kier molecular flexibility index (Phi) is 3.31. The van der Waals surface area contributed by atoms with Crippen molar-refractivity contribution in [2.75, 3.05) is 7.11 Å². The molecule has 0 bridgehead atoms. The summed E-state index contributed by atoms with van der Waals surface area (Å²) < 4.78 is 4.62. The monoisotopic (exact) mass is 205 g/mol. The van der Waals surface area contributed by atoms with Gasteiger partial charge in [-0.2, -0.15) is 0 Å². The number of carbonyl (C=O) groups is 1. The topological polar surface area (TPSA) is 75.1 Å². The van der Waals surface area contributed by atoms with Gasteiger partial charge in [-0.05, 0) is 18.0 Å². The Morgan fingerprint density at radius 2 is 2.07 bits per heavy atom. The average Bonchev–Trinajstić information content (AvgIpc) is 2.29. The Labute approximate surface area is 87.3 Å². The minimum absolute atomic E-state index is 0.577. The number of benzene rings is 1. The fourth-order valence-electron chi connectivity index (χ4n) is 1.27. The van der Waals surface area contributed by atoms with Gasteiger partial charge in [0.1, 0.15) is 0 Å². The van der Waals surface area contributed by atoms with Crippen molar-refractivity contribution in [3.63, 3.8) is 0 Å². The van der Waals surface area contributed by atoms with Gasteiger partial charge in [0.15, 0.2) is 5.54 Å². The number of esters is 1. The fourth-order valence-corrected chi connectivity index (χ4v) is 1.27. The van der Waals surface area contributed by atoms with Gasteiger partial charge in [0.2, 0.25) is 0 Å². The molecule has 1 aromatic rings. The van der Waals surface area contributed by atoms with Crippen molar-refractivity contribution in [2.45, 2.75) is 12.5 Å². The highest BCUT2D eigenvalue weighted by Crippen LogP contribution is 2.26. The van der Waals surface area contributed by atoms with Crippen molar-refractivity contribution < 1.29 is 9.53 Å². The van der Waals surface area contributed by atoms with Gasteiger partial charge >= 0.3 is 5.97 Å². The first-order valence-corrected chi connectivity index (χ1v) is 4.35. The van der Waals surface area contributed by atoms with E-state index < -0.39 is 11.5 Å². The molecule has 0 N–H and O–H groups in total. The zero-order chi connectivity index (χ0) is 11.3. The van der Waals surface area contributed by atoms with Crippen LogP contribution in [0.25, 0.3) is 10.4 Å². The normalized spacial score (nSPS) is 13.5. The highest BCUT2D eigenvalue weighted by molar-refractivity contribution is 5.82. The molecule has 0 unspecified atom stereocenters. The van der Waals surface area contributed by atoms with Gasteiger partial charge in [-0.1, -0.05) is 35.4 Å². The lowest BCUT2D eigenvalue weighted by atomic mass is 9.93. The van der Waals surface area contributed by atoms with Crippen molar-refractivity contribution in [1.82, 2.24) is 0 Å². The molecule has 78 valence electrons. The van der Waals surface area contributed by atoms with Gasteiger partial charge in [-0.25, -0.2) is 0 Å². The van der Waals surface area contributed by atoms with Crippen molar-refractivity contribution in [2.24, 2.45) is 5.11 Å². The largest absolute Gasteiger partial charge is 0.468 e. The van der Waals surface area contributed by atoms with Gasteiger partial charge in [-0.3, -0.25) is 4.79 Å². The van der Waals surface area contributed by atoms with Gasteiger partial charge < -0.3 is 4.74 Å². The molecule has 1 atom stereocenters. The van der Waals surface area contributed by atoms with E-state index in [0.29, 0.717) is 5.56 Å². The summed E-state index contributed by atoms with van der Waals surface area (Å²) in [4.78, 5) is 14.2. The highest BCUT2D eigenvalue weighted by atomic mass is 16.5. The van der Waals surface area contributed by atoms with Gasteiger partial charge in [0, 0.05) is 4.91 Å². The first-order valence-electron chi connectivity index (χ1n) is 4.35. The maximum atomic E-state index is 11.5. The summed E-state index contributed by atoms with van der Waals surface area (Å²) in [5.74, 6) is -0.577. The maximum absolute atomic E-state index is 11.5. The van der Waals surface area contributed by atoms with E-state index in [0.717, 1.165) is 0 Å². The molecular formula is C10H11N3O2. The summed E-state index contributed by atoms with van der Waals surface area (Å²) in [7, 11) is 1.26. The zero-order valence-electron chi connectivity index (χ0n) is 8.54. The Hall–Kier alpha value is -2.00.